The summed E-state index contributed by atoms with van der Waals surface area (Å²) in [7, 11) is 0. The van der Waals surface area contributed by atoms with Gasteiger partial charge in [0.15, 0.2) is 0 Å². The average Bonchev–Trinajstić information content (AvgIpc) is 3.10. The molecule has 28 heavy (non-hydrogen) atoms. The minimum atomic E-state index is -0.0946. The van der Waals surface area contributed by atoms with Crippen molar-refractivity contribution >= 4 is 33.9 Å². The Hall–Kier alpha value is -3.73. The lowest BCUT2D eigenvalue weighted by Gasteiger charge is -2.05. The Morgan fingerprint density at radius 3 is 2.39 bits per heavy atom. The van der Waals surface area contributed by atoms with Crippen LogP contribution in [0.2, 0.25) is 0 Å². The first kappa shape index (κ1) is 17.7. The highest BCUT2D eigenvalue weighted by atomic mass is 16.3. The molecule has 1 heterocycles. The molecule has 4 rings (SSSR count). The Kier molecular flexibility index (Phi) is 4.97. The monoisotopic (exact) mass is 369 g/mol. The third-order valence-electron chi connectivity index (χ3n) is 4.35. The van der Waals surface area contributed by atoms with Gasteiger partial charge in [0, 0.05) is 16.6 Å². The van der Waals surface area contributed by atoms with Crippen molar-refractivity contribution < 1.29 is 9.21 Å². The fraction of sp³-hybridized carbons (Fsp3) is 0.0870. The zero-order valence-electron chi connectivity index (χ0n) is 15.4. The van der Waals surface area contributed by atoms with E-state index >= 15 is 0 Å². The van der Waals surface area contributed by atoms with Gasteiger partial charge in [0.25, 0.3) is 0 Å². The topological polar surface area (TPSA) is 67.0 Å². The maximum absolute atomic E-state index is 12.4. The van der Waals surface area contributed by atoms with Crippen LogP contribution in [0.15, 0.2) is 93.7 Å². The van der Waals surface area contributed by atoms with Gasteiger partial charge in [0.05, 0.1) is 24.1 Å². The number of fused-ring (bicyclic) bond motifs is 1. The van der Waals surface area contributed by atoms with Crippen LogP contribution in [-0.4, -0.2) is 5.91 Å². The largest absolute Gasteiger partial charge is 0.464 e. The molecule has 0 spiro atoms. The molecule has 5 nitrogen and oxygen atoms in total. The molecule has 0 saturated heterocycles. The third kappa shape index (κ3) is 4.15. The zero-order chi connectivity index (χ0) is 19.3. The highest BCUT2D eigenvalue weighted by molar-refractivity contribution is 5.95. The number of amides is 1. The predicted octanol–water partition coefficient (Wildman–Crippen LogP) is 6.34. The lowest BCUT2D eigenvalue weighted by molar-refractivity contribution is -0.115. The highest BCUT2D eigenvalue weighted by Crippen LogP contribution is 2.24. The summed E-state index contributed by atoms with van der Waals surface area (Å²) in [4.78, 5) is 12.4. The fourth-order valence-corrected chi connectivity index (χ4v) is 2.93. The maximum atomic E-state index is 12.4. The van der Waals surface area contributed by atoms with Crippen molar-refractivity contribution in [2.75, 3.05) is 5.32 Å². The zero-order valence-corrected chi connectivity index (χ0v) is 15.4. The van der Waals surface area contributed by atoms with Crippen LogP contribution in [0.5, 0.6) is 0 Å². The van der Waals surface area contributed by atoms with Crippen LogP contribution in [0.25, 0.3) is 11.0 Å². The van der Waals surface area contributed by atoms with E-state index in [4.69, 9.17) is 4.42 Å². The Morgan fingerprint density at radius 1 is 0.929 bits per heavy atom. The van der Waals surface area contributed by atoms with Gasteiger partial charge >= 0.3 is 0 Å². The number of benzene rings is 3. The molecule has 5 heteroatoms. The maximum Gasteiger partial charge on any atom is 0.228 e. The number of aryl methyl sites for hydroxylation is 1. The van der Waals surface area contributed by atoms with Gasteiger partial charge < -0.3 is 9.73 Å². The fourth-order valence-electron chi connectivity index (χ4n) is 2.93. The Morgan fingerprint density at radius 2 is 1.64 bits per heavy atom. The van der Waals surface area contributed by atoms with Crippen LogP contribution >= 0.6 is 0 Å². The lowest BCUT2D eigenvalue weighted by Crippen LogP contribution is -2.14. The van der Waals surface area contributed by atoms with Crippen LogP contribution in [0.4, 0.5) is 17.1 Å². The van der Waals surface area contributed by atoms with E-state index in [0.717, 1.165) is 33.5 Å². The highest BCUT2D eigenvalue weighted by Gasteiger charge is 2.11. The molecule has 0 radical (unpaired) electrons. The van der Waals surface area contributed by atoms with Gasteiger partial charge in [0.2, 0.25) is 5.91 Å². The van der Waals surface area contributed by atoms with Crippen molar-refractivity contribution in [3.05, 3.63) is 90.2 Å². The van der Waals surface area contributed by atoms with Crippen LogP contribution in [0.3, 0.4) is 0 Å². The molecule has 0 fully saturated rings. The smallest absolute Gasteiger partial charge is 0.228 e. The first-order valence-corrected chi connectivity index (χ1v) is 9.01. The summed E-state index contributed by atoms with van der Waals surface area (Å²) in [6.45, 7) is 2.02. The van der Waals surface area contributed by atoms with Gasteiger partial charge in [-0.1, -0.05) is 29.8 Å². The molecule has 1 aromatic heterocycles. The number of hydrogen-bond acceptors (Lipinski definition) is 4. The van der Waals surface area contributed by atoms with Gasteiger partial charge in [-0.25, -0.2) is 0 Å². The summed E-state index contributed by atoms with van der Waals surface area (Å²) in [5.74, 6) is -0.0946. The summed E-state index contributed by atoms with van der Waals surface area (Å²) >= 11 is 0. The van der Waals surface area contributed by atoms with Crippen molar-refractivity contribution in [3.63, 3.8) is 0 Å². The quantitative estimate of drug-likeness (QED) is 0.417. The summed E-state index contributed by atoms with van der Waals surface area (Å²) < 4.78 is 5.53. The minimum Gasteiger partial charge on any atom is -0.464 e. The van der Waals surface area contributed by atoms with Crippen LogP contribution < -0.4 is 5.32 Å². The first-order valence-electron chi connectivity index (χ1n) is 9.01. The Balaban J connectivity index is 1.40. The van der Waals surface area contributed by atoms with E-state index in [1.54, 1.807) is 6.26 Å². The second kappa shape index (κ2) is 7.88. The molecule has 0 unspecified atom stereocenters. The third-order valence-corrected chi connectivity index (χ3v) is 4.35. The molecular formula is C23H19N3O2. The molecule has 0 bridgehead atoms. The number of hydrogen-bond donors (Lipinski definition) is 1. The average molecular weight is 369 g/mol. The van der Waals surface area contributed by atoms with Crippen molar-refractivity contribution in [2.45, 2.75) is 13.3 Å². The standard InChI is InChI=1S/C23H19N3O2/c1-16-7-12-22-21(13-16)17(15-28-22)14-23(27)24-18-8-10-20(11-9-18)26-25-19-5-3-2-4-6-19/h2-13,15H,14H2,1H3,(H,24,27). The van der Waals surface area contributed by atoms with E-state index in [1.165, 1.54) is 0 Å². The second-order valence-corrected chi connectivity index (χ2v) is 6.57. The van der Waals surface area contributed by atoms with Gasteiger partial charge in [-0.2, -0.15) is 10.2 Å². The van der Waals surface area contributed by atoms with E-state index in [1.807, 2.05) is 79.7 Å². The van der Waals surface area contributed by atoms with Gasteiger partial charge in [-0.05, 0) is 55.5 Å². The molecule has 0 atom stereocenters. The van der Waals surface area contributed by atoms with E-state index in [9.17, 15) is 4.79 Å². The van der Waals surface area contributed by atoms with E-state index in [0.29, 0.717) is 5.69 Å². The van der Waals surface area contributed by atoms with E-state index < -0.39 is 0 Å². The molecule has 0 aliphatic heterocycles. The van der Waals surface area contributed by atoms with Gasteiger partial charge in [-0.15, -0.1) is 0 Å². The second-order valence-electron chi connectivity index (χ2n) is 6.57. The Bertz CT molecular complexity index is 1130. The van der Waals surface area contributed by atoms with Crippen molar-refractivity contribution in [2.24, 2.45) is 10.2 Å². The minimum absolute atomic E-state index is 0.0946. The number of nitrogens with one attached hydrogen (secondary N) is 1. The lowest BCUT2D eigenvalue weighted by atomic mass is 10.1. The van der Waals surface area contributed by atoms with Crippen LogP contribution in [0.1, 0.15) is 11.1 Å². The summed E-state index contributed by atoms with van der Waals surface area (Å²) in [5, 5.41) is 12.3. The molecule has 0 aliphatic rings. The molecule has 1 N–H and O–H groups in total. The first-order chi connectivity index (χ1) is 13.7. The molecule has 0 aliphatic carbocycles. The van der Waals surface area contributed by atoms with Crippen molar-refractivity contribution in [1.82, 2.24) is 0 Å². The summed E-state index contributed by atoms with van der Waals surface area (Å²) in [5.41, 5.74) is 5.04. The van der Waals surface area contributed by atoms with Gasteiger partial charge in [0.1, 0.15) is 5.58 Å². The van der Waals surface area contributed by atoms with Gasteiger partial charge in [-0.3, -0.25) is 4.79 Å². The van der Waals surface area contributed by atoms with Crippen LogP contribution in [-0.2, 0) is 11.2 Å². The van der Waals surface area contributed by atoms with E-state index in [2.05, 4.69) is 15.5 Å². The van der Waals surface area contributed by atoms with Crippen LogP contribution in [0, 0.1) is 6.92 Å². The number of nitrogens with zero attached hydrogens (tertiary/aromatic N) is 2. The number of furan rings is 1. The number of carbonyl (C=O) groups is 1. The molecule has 1 amide bonds. The Labute approximate surface area is 162 Å². The molecule has 0 saturated carbocycles. The number of anilines is 1. The molecule has 4 aromatic rings. The molecular weight excluding hydrogens is 350 g/mol. The van der Waals surface area contributed by atoms with E-state index in [-0.39, 0.29) is 12.3 Å². The number of azo groups is 1. The molecule has 3 aromatic carbocycles. The SMILES string of the molecule is Cc1ccc2occ(CC(=O)Nc3ccc(N=Nc4ccccc4)cc3)c2c1. The number of carbonyl (C=O) groups excluding carboxylic acids is 1. The summed E-state index contributed by atoms with van der Waals surface area (Å²) in [6, 6.07) is 22.8. The normalized spacial score (nSPS) is 11.2. The van der Waals surface area contributed by atoms with Crippen molar-refractivity contribution in [3.8, 4) is 0 Å². The molecule has 138 valence electrons. The predicted molar refractivity (Wildman–Crippen MR) is 110 cm³/mol. The van der Waals surface area contributed by atoms with Crippen molar-refractivity contribution in [1.29, 1.82) is 0 Å². The summed E-state index contributed by atoms with van der Waals surface area (Å²) in [6.07, 6.45) is 1.91. The number of rotatable bonds is 5.